The number of hydrogen-bond acceptors (Lipinski definition) is 3. The van der Waals surface area contributed by atoms with Crippen LogP contribution in [-0.2, 0) is 12.8 Å². The molecule has 0 radical (unpaired) electrons. The largest absolute Gasteiger partial charge is 0.492 e. The highest BCUT2D eigenvalue weighted by atomic mass is 35.5. The first-order valence-corrected chi connectivity index (χ1v) is 10.6. The summed E-state index contributed by atoms with van der Waals surface area (Å²) >= 11 is 12.3. The van der Waals surface area contributed by atoms with Crippen LogP contribution in [0.25, 0.3) is 0 Å². The van der Waals surface area contributed by atoms with Crippen LogP contribution in [0.1, 0.15) is 24.0 Å². The molecule has 0 saturated carbocycles. The van der Waals surface area contributed by atoms with Crippen LogP contribution in [0.3, 0.4) is 0 Å². The van der Waals surface area contributed by atoms with Crippen LogP contribution in [-0.4, -0.2) is 44.2 Å². The fraction of sp³-hybridized carbons (Fsp3) is 0.455. The molecule has 0 unspecified atom stereocenters. The Morgan fingerprint density at radius 2 is 1.42 bits per heavy atom. The van der Waals surface area contributed by atoms with E-state index in [9.17, 15) is 0 Å². The monoisotopic (exact) mass is 548 g/mol. The third-order valence-corrected chi connectivity index (χ3v) is 6.13. The molecular formula is C22H30Cl6N2O. The van der Waals surface area contributed by atoms with E-state index in [0.29, 0.717) is 0 Å². The molecule has 0 amide bonds. The molecule has 1 aliphatic carbocycles. The molecule has 0 spiro atoms. The van der Waals surface area contributed by atoms with E-state index < -0.39 is 0 Å². The minimum atomic E-state index is 0. The van der Waals surface area contributed by atoms with Crippen LogP contribution in [0.15, 0.2) is 36.4 Å². The molecule has 2 aliphatic rings. The highest BCUT2D eigenvalue weighted by Crippen LogP contribution is 2.33. The minimum Gasteiger partial charge on any atom is -0.492 e. The lowest BCUT2D eigenvalue weighted by Gasteiger charge is -2.36. The Balaban J connectivity index is 0.00000225. The predicted molar refractivity (Wildman–Crippen MR) is 143 cm³/mol. The Labute approximate surface area is 220 Å². The number of fused-ring (bicyclic) bond motifs is 1. The number of nitrogens with zero attached hydrogens (tertiary/aromatic N) is 2. The molecule has 0 aromatic heterocycles. The number of aryl methyl sites for hydroxylation is 2. The first-order chi connectivity index (χ1) is 13.2. The van der Waals surface area contributed by atoms with E-state index in [1.807, 2.05) is 12.1 Å². The molecule has 2 aromatic rings. The Bertz CT molecular complexity index is 782. The number of rotatable bonds is 6. The van der Waals surface area contributed by atoms with Crippen LogP contribution in [0.4, 0.5) is 5.69 Å². The standard InChI is InChI=1S/C22H26Cl2N2O.4ClH/c23-19-5-7-20(8-6-19)26-12-10-25(11-13-26)9-2-14-27-22-16-18-4-1-3-17(18)15-21(22)24;;;;/h5-8,15-16H,1-4,9-14H2;4*1H. The molecule has 2 aromatic carbocycles. The molecule has 0 atom stereocenters. The van der Waals surface area contributed by atoms with Gasteiger partial charge >= 0.3 is 0 Å². The molecule has 1 saturated heterocycles. The summed E-state index contributed by atoms with van der Waals surface area (Å²) in [6.07, 6.45) is 4.56. The van der Waals surface area contributed by atoms with Crippen LogP contribution in [0.2, 0.25) is 10.0 Å². The van der Waals surface area contributed by atoms with Gasteiger partial charge in [-0.3, -0.25) is 4.90 Å². The number of piperazine rings is 1. The topological polar surface area (TPSA) is 15.7 Å². The van der Waals surface area contributed by atoms with Crippen molar-refractivity contribution in [3.63, 3.8) is 0 Å². The summed E-state index contributed by atoms with van der Waals surface area (Å²) in [5, 5.41) is 1.55. The number of benzene rings is 2. The maximum Gasteiger partial charge on any atom is 0.138 e. The van der Waals surface area contributed by atoms with Gasteiger partial charge in [-0.05, 0) is 73.2 Å². The second-order valence-electron chi connectivity index (χ2n) is 7.41. The molecule has 1 heterocycles. The maximum atomic E-state index is 6.37. The molecule has 3 nitrogen and oxygen atoms in total. The second kappa shape index (κ2) is 14.8. The van der Waals surface area contributed by atoms with Gasteiger partial charge in [-0.1, -0.05) is 23.2 Å². The molecule has 0 bridgehead atoms. The van der Waals surface area contributed by atoms with E-state index in [4.69, 9.17) is 27.9 Å². The second-order valence-corrected chi connectivity index (χ2v) is 8.26. The number of hydrogen-bond donors (Lipinski definition) is 0. The molecule has 4 rings (SSSR count). The zero-order chi connectivity index (χ0) is 18.6. The SMILES string of the molecule is Cl.Cl.Cl.Cl.Clc1ccc(N2CCN(CCCOc3cc4c(cc3Cl)CCC4)CC2)cc1. The predicted octanol–water partition coefficient (Wildman–Crippen LogP) is 6.76. The van der Waals surface area contributed by atoms with Crippen LogP contribution in [0.5, 0.6) is 5.75 Å². The van der Waals surface area contributed by atoms with E-state index in [-0.39, 0.29) is 49.6 Å². The number of anilines is 1. The van der Waals surface area contributed by atoms with E-state index >= 15 is 0 Å². The van der Waals surface area contributed by atoms with Gasteiger partial charge in [0, 0.05) is 43.4 Å². The lowest BCUT2D eigenvalue weighted by atomic mass is 10.1. The van der Waals surface area contributed by atoms with Crippen molar-refractivity contribution in [2.45, 2.75) is 25.7 Å². The molecule has 0 N–H and O–H groups in total. The number of halogens is 6. The van der Waals surface area contributed by atoms with Gasteiger partial charge < -0.3 is 9.64 Å². The fourth-order valence-corrected chi connectivity index (χ4v) is 4.40. The summed E-state index contributed by atoms with van der Waals surface area (Å²) in [5.74, 6) is 0.852. The Morgan fingerprint density at radius 3 is 2.06 bits per heavy atom. The smallest absolute Gasteiger partial charge is 0.138 e. The maximum absolute atomic E-state index is 6.37. The van der Waals surface area contributed by atoms with E-state index in [0.717, 1.165) is 74.4 Å². The van der Waals surface area contributed by atoms with Crippen molar-refractivity contribution in [3.05, 3.63) is 57.6 Å². The van der Waals surface area contributed by atoms with Crippen molar-refractivity contribution in [2.24, 2.45) is 0 Å². The third-order valence-electron chi connectivity index (χ3n) is 5.59. The van der Waals surface area contributed by atoms with Gasteiger partial charge in [0.15, 0.2) is 0 Å². The van der Waals surface area contributed by atoms with Gasteiger partial charge in [0.1, 0.15) is 5.75 Å². The average Bonchev–Trinajstić information content (AvgIpc) is 3.13. The van der Waals surface area contributed by atoms with Gasteiger partial charge in [-0.2, -0.15) is 0 Å². The zero-order valence-electron chi connectivity index (χ0n) is 17.2. The average molecular weight is 551 g/mol. The van der Waals surface area contributed by atoms with Crippen molar-refractivity contribution >= 4 is 78.5 Å². The van der Waals surface area contributed by atoms with Crippen molar-refractivity contribution in [3.8, 4) is 5.75 Å². The van der Waals surface area contributed by atoms with Crippen LogP contribution in [0, 0.1) is 0 Å². The number of ether oxygens (including phenoxy) is 1. The Morgan fingerprint density at radius 1 is 0.806 bits per heavy atom. The van der Waals surface area contributed by atoms with E-state index in [1.54, 1.807) is 0 Å². The molecule has 176 valence electrons. The summed E-state index contributed by atoms with van der Waals surface area (Å²) in [7, 11) is 0. The lowest BCUT2D eigenvalue weighted by Crippen LogP contribution is -2.46. The summed E-state index contributed by atoms with van der Waals surface area (Å²) in [5.41, 5.74) is 4.06. The highest BCUT2D eigenvalue weighted by Gasteiger charge is 2.17. The van der Waals surface area contributed by atoms with Crippen LogP contribution >= 0.6 is 72.8 Å². The fourth-order valence-electron chi connectivity index (χ4n) is 4.03. The van der Waals surface area contributed by atoms with Crippen LogP contribution < -0.4 is 9.64 Å². The van der Waals surface area contributed by atoms with Gasteiger partial charge in [0.2, 0.25) is 0 Å². The molecular weight excluding hydrogens is 521 g/mol. The van der Waals surface area contributed by atoms with Gasteiger partial charge in [-0.25, -0.2) is 0 Å². The first kappa shape index (κ1) is 30.7. The summed E-state index contributed by atoms with van der Waals surface area (Å²) in [4.78, 5) is 4.94. The van der Waals surface area contributed by atoms with Crippen molar-refractivity contribution in [1.29, 1.82) is 0 Å². The zero-order valence-corrected chi connectivity index (χ0v) is 22.0. The Hall–Kier alpha value is -0.260. The van der Waals surface area contributed by atoms with Crippen molar-refractivity contribution in [2.75, 3.05) is 44.2 Å². The molecule has 9 heteroatoms. The van der Waals surface area contributed by atoms with E-state index in [1.165, 1.54) is 23.2 Å². The van der Waals surface area contributed by atoms with Crippen molar-refractivity contribution < 1.29 is 4.74 Å². The van der Waals surface area contributed by atoms with E-state index in [2.05, 4.69) is 34.1 Å². The van der Waals surface area contributed by atoms with Crippen molar-refractivity contribution in [1.82, 2.24) is 4.90 Å². The van der Waals surface area contributed by atoms with Gasteiger partial charge in [0.05, 0.1) is 11.6 Å². The molecule has 31 heavy (non-hydrogen) atoms. The molecule has 1 fully saturated rings. The Kier molecular flexibility index (Phi) is 14.7. The summed E-state index contributed by atoms with van der Waals surface area (Å²) < 4.78 is 5.97. The summed E-state index contributed by atoms with van der Waals surface area (Å²) in [6, 6.07) is 12.4. The molecule has 1 aliphatic heterocycles. The highest BCUT2D eigenvalue weighted by molar-refractivity contribution is 6.32. The lowest BCUT2D eigenvalue weighted by molar-refractivity contribution is 0.225. The summed E-state index contributed by atoms with van der Waals surface area (Å²) in [6.45, 7) is 6.07. The minimum absolute atomic E-state index is 0. The quantitative estimate of drug-likeness (QED) is 0.369. The normalized spacial score (nSPS) is 15.0. The van der Waals surface area contributed by atoms with Gasteiger partial charge in [-0.15, -0.1) is 49.6 Å². The third kappa shape index (κ3) is 8.23. The van der Waals surface area contributed by atoms with Gasteiger partial charge in [0.25, 0.3) is 0 Å². The first-order valence-electron chi connectivity index (χ1n) is 9.86.